The summed E-state index contributed by atoms with van der Waals surface area (Å²) >= 11 is 2.29. The standard InChI is InChI=1S/C17H20FIN2/c1-17(2,13-5-7-14(18)8-6-13)16(21-20)11-12-3-9-15(19)10-4-12/h3-10,16,21H,11,20H2,1-2H3. The Morgan fingerprint density at radius 2 is 1.67 bits per heavy atom. The molecule has 0 amide bonds. The molecular weight excluding hydrogens is 378 g/mol. The van der Waals surface area contributed by atoms with E-state index in [1.54, 1.807) is 0 Å². The monoisotopic (exact) mass is 398 g/mol. The predicted molar refractivity (Wildman–Crippen MR) is 93.4 cm³/mol. The molecule has 0 fully saturated rings. The van der Waals surface area contributed by atoms with E-state index in [4.69, 9.17) is 5.84 Å². The van der Waals surface area contributed by atoms with E-state index in [0.29, 0.717) is 0 Å². The quantitative estimate of drug-likeness (QED) is 0.457. The molecular formula is C17H20FIN2. The van der Waals surface area contributed by atoms with Crippen LogP contribution in [0.2, 0.25) is 0 Å². The van der Waals surface area contributed by atoms with E-state index in [-0.39, 0.29) is 17.3 Å². The first-order valence-corrected chi connectivity index (χ1v) is 7.98. The average Bonchev–Trinajstić information content (AvgIpc) is 2.47. The molecule has 0 aliphatic rings. The summed E-state index contributed by atoms with van der Waals surface area (Å²) in [5.41, 5.74) is 5.02. The maximum atomic E-state index is 13.1. The lowest BCUT2D eigenvalue weighted by Gasteiger charge is -2.34. The predicted octanol–water partition coefficient (Wildman–Crippen LogP) is 3.78. The molecule has 112 valence electrons. The lowest BCUT2D eigenvalue weighted by Crippen LogP contribution is -2.49. The van der Waals surface area contributed by atoms with Gasteiger partial charge in [0.1, 0.15) is 5.82 Å². The minimum absolute atomic E-state index is 0.0584. The molecule has 3 N–H and O–H groups in total. The van der Waals surface area contributed by atoms with Gasteiger partial charge in [0.05, 0.1) is 0 Å². The van der Waals surface area contributed by atoms with Crippen LogP contribution in [0.15, 0.2) is 48.5 Å². The van der Waals surface area contributed by atoms with Crippen molar-refractivity contribution < 1.29 is 4.39 Å². The molecule has 21 heavy (non-hydrogen) atoms. The number of hydrogen-bond acceptors (Lipinski definition) is 2. The number of hydrogen-bond donors (Lipinski definition) is 2. The Morgan fingerprint density at radius 1 is 1.10 bits per heavy atom. The summed E-state index contributed by atoms with van der Waals surface area (Å²) < 4.78 is 14.3. The van der Waals surface area contributed by atoms with Crippen molar-refractivity contribution in [2.24, 2.45) is 5.84 Å². The Balaban J connectivity index is 2.22. The Labute approximate surface area is 139 Å². The molecule has 2 nitrogen and oxygen atoms in total. The highest BCUT2D eigenvalue weighted by Gasteiger charge is 2.30. The molecule has 0 aliphatic heterocycles. The number of nitrogens with one attached hydrogen (secondary N) is 1. The van der Waals surface area contributed by atoms with Gasteiger partial charge >= 0.3 is 0 Å². The Hall–Kier alpha value is -0.980. The molecule has 1 unspecified atom stereocenters. The number of rotatable bonds is 5. The second kappa shape index (κ2) is 6.85. The SMILES string of the molecule is CC(C)(c1ccc(F)cc1)C(Cc1ccc(I)cc1)NN. The van der Waals surface area contributed by atoms with Gasteiger partial charge in [0.15, 0.2) is 0 Å². The third-order valence-electron chi connectivity index (χ3n) is 4.01. The van der Waals surface area contributed by atoms with E-state index in [0.717, 1.165) is 12.0 Å². The van der Waals surface area contributed by atoms with E-state index < -0.39 is 0 Å². The smallest absolute Gasteiger partial charge is 0.123 e. The molecule has 0 aromatic heterocycles. The summed E-state index contributed by atoms with van der Waals surface area (Å²) in [6.07, 6.45) is 0.817. The summed E-state index contributed by atoms with van der Waals surface area (Å²) in [6, 6.07) is 15.1. The van der Waals surface area contributed by atoms with Crippen molar-refractivity contribution in [1.29, 1.82) is 0 Å². The fourth-order valence-electron chi connectivity index (χ4n) is 2.46. The van der Waals surface area contributed by atoms with Gasteiger partial charge in [0, 0.05) is 15.0 Å². The van der Waals surface area contributed by atoms with E-state index in [1.807, 2.05) is 12.1 Å². The van der Waals surface area contributed by atoms with Crippen LogP contribution in [0, 0.1) is 9.39 Å². The summed E-state index contributed by atoms with van der Waals surface area (Å²) in [6.45, 7) is 4.24. The molecule has 0 aliphatic carbocycles. The molecule has 0 radical (unpaired) electrons. The third-order valence-corrected chi connectivity index (χ3v) is 4.73. The summed E-state index contributed by atoms with van der Waals surface area (Å²) in [4.78, 5) is 0. The fraction of sp³-hybridized carbons (Fsp3) is 0.294. The van der Waals surface area contributed by atoms with E-state index in [1.165, 1.54) is 21.3 Å². The molecule has 0 bridgehead atoms. The summed E-state index contributed by atoms with van der Waals surface area (Å²) in [5, 5.41) is 0. The molecule has 0 heterocycles. The van der Waals surface area contributed by atoms with Crippen molar-refractivity contribution in [3.05, 3.63) is 69.0 Å². The number of halogens is 2. The second-order valence-corrected chi connectivity index (χ2v) is 7.02. The minimum Gasteiger partial charge on any atom is -0.271 e. The first-order valence-electron chi connectivity index (χ1n) is 6.90. The molecule has 2 aromatic rings. The molecule has 0 saturated heterocycles. The van der Waals surface area contributed by atoms with E-state index >= 15 is 0 Å². The maximum Gasteiger partial charge on any atom is 0.123 e. The lowest BCUT2D eigenvalue weighted by atomic mass is 9.75. The normalized spacial score (nSPS) is 13.2. The Bertz CT molecular complexity index is 579. The minimum atomic E-state index is -0.218. The van der Waals surface area contributed by atoms with Crippen molar-refractivity contribution in [2.75, 3.05) is 0 Å². The van der Waals surface area contributed by atoms with E-state index in [9.17, 15) is 4.39 Å². The first kappa shape index (κ1) is 16.4. The molecule has 2 rings (SSSR count). The summed E-state index contributed by atoms with van der Waals surface area (Å²) in [5.74, 6) is 5.56. The summed E-state index contributed by atoms with van der Waals surface area (Å²) in [7, 11) is 0. The van der Waals surface area contributed by atoms with Gasteiger partial charge in [-0.2, -0.15) is 0 Å². The lowest BCUT2D eigenvalue weighted by molar-refractivity contribution is 0.341. The van der Waals surface area contributed by atoms with Crippen molar-refractivity contribution >= 4 is 22.6 Å². The third kappa shape index (κ3) is 4.02. The molecule has 2 aromatic carbocycles. The fourth-order valence-corrected chi connectivity index (χ4v) is 2.82. The largest absolute Gasteiger partial charge is 0.271 e. The van der Waals surface area contributed by atoms with E-state index in [2.05, 4.69) is 66.1 Å². The van der Waals surface area contributed by atoms with Crippen molar-refractivity contribution in [1.82, 2.24) is 5.43 Å². The number of benzene rings is 2. The average molecular weight is 398 g/mol. The van der Waals surface area contributed by atoms with Crippen LogP contribution in [0.1, 0.15) is 25.0 Å². The molecule has 0 saturated carbocycles. The molecule has 4 heteroatoms. The van der Waals surface area contributed by atoms with Crippen LogP contribution in [0.4, 0.5) is 4.39 Å². The maximum absolute atomic E-state index is 13.1. The number of hydrazine groups is 1. The Morgan fingerprint density at radius 3 is 2.19 bits per heavy atom. The van der Waals surface area contributed by atoms with Crippen molar-refractivity contribution in [3.63, 3.8) is 0 Å². The van der Waals surface area contributed by atoms with Gasteiger partial charge in [-0.25, -0.2) is 4.39 Å². The zero-order chi connectivity index (χ0) is 15.5. The zero-order valence-electron chi connectivity index (χ0n) is 12.2. The van der Waals surface area contributed by atoms with Crippen molar-refractivity contribution in [3.8, 4) is 0 Å². The molecule has 1 atom stereocenters. The van der Waals surface area contributed by atoms with Crippen LogP contribution < -0.4 is 11.3 Å². The van der Waals surface area contributed by atoms with Crippen LogP contribution in [-0.4, -0.2) is 6.04 Å². The molecule has 0 spiro atoms. The zero-order valence-corrected chi connectivity index (χ0v) is 14.4. The van der Waals surface area contributed by atoms with Gasteiger partial charge < -0.3 is 0 Å². The highest BCUT2D eigenvalue weighted by molar-refractivity contribution is 14.1. The first-order chi connectivity index (χ1) is 9.93. The number of nitrogens with two attached hydrogens (primary N) is 1. The van der Waals surface area contributed by atoms with Gasteiger partial charge in [-0.3, -0.25) is 11.3 Å². The van der Waals surface area contributed by atoms with Gasteiger partial charge in [-0.05, 0) is 64.4 Å². The van der Waals surface area contributed by atoms with Crippen LogP contribution in [-0.2, 0) is 11.8 Å². The topological polar surface area (TPSA) is 38.0 Å². The van der Waals surface area contributed by atoms with Crippen LogP contribution >= 0.6 is 22.6 Å². The Kier molecular flexibility index (Phi) is 5.35. The van der Waals surface area contributed by atoms with Crippen LogP contribution in [0.5, 0.6) is 0 Å². The van der Waals surface area contributed by atoms with Crippen LogP contribution in [0.3, 0.4) is 0 Å². The highest BCUT2D eigenvalue weighted by atomic mass is 127. The van der Waals surface area contributed by atoms with Gasteiger partial charge in [-0.15, -0.1) is 0 Å². The van der Waals surface area contributed by atoms with Crippen molar-refractivity contribution in [2.45, 2.75) is 31.7 Å². The van der Waals surface area contributed by atoms with Gasteiger partial charge in [-0.1, -0.05) is 38.1 Å². The highest BCUT2D eigenvalue weighted by Crippen LogP contribution is 2.29. The second-order valence-electron chi connectivity index (χ2n) is 5.78. The van der Waals surface area contributed by atoms with Gasteiger partial charge in [0.2, 0.25) is 0 Å². The van der Waals surface area contributed by atoms with Crippen LogP contribution in [0.25, 0.3) is 0 Å². The van der Waals surface area contributed by atoms with Gasteiger partial charge in [0.25, 0.3) is 0 Å².